The van der Waals surface area contributed by atoms with Crippen LogP contribution in [0.15, 0.2) is 73.2 Å². The van der Waals surface area contributed by atoms with Crippen LogP contribution in [0.5, 0.6) is 0 Å². The van der Waals surface area contributed by atoms with Crippen LogP contribution in [0, 0.1) is 0 Å². The predicted octanol–water partition coefficient (Wildman–Crippen LogP) is 5.40. The molecule has 0 aliphatic carbocycles. The number of halogens is 2. The number of aliphatic hydroxyl groups is 1. The first-order valence-corrected chi connectivity index (χ1v) is 9.07. The first-order chi connectivity index (χ1) is 13.2. The molecule has 0 saturated heterocycles. The number of aromatic nitrogens is 3. The van der Waals surface area contributed by atoms with Crippen LogP contribution >= 0.6 is 23.2 Å². The fourth-order valence-electron chi connectivity index (χ4n) is 3.00. The van der Waals surface area contributed by atoms with E-state index < -0.39 is 0 Å². The average Bonchev–Trinajstić information content (AvgIpc) is 3.12. The molecule has 27 heavy (non-hydrogen) atoms. The summed E-state index contributed by atoms with van der Waals surface area (Å²) >= 11 is 12.4. The van der Waals surface area contributed by atoms with Gasteiger partial charge in [-0.05, 0) is 35.4 Å². The molecular formula is C21H15Cl2N3O. The monoisotopic (exact) mass is 395 g/mol. The summed E-state index contributed by atoms with van der Waals surface area (Å²) < 4.78 is 1.73. The Labute approximate surface area is 166 Å². The zero-order valence-corrected chi connectivity index (χ0v) is 15.7. The van der Waals surface area contributed by atoms with Gasteiger partial charge >= 0.3 is 0 Å². The summed E-state index contributed by atoms with van der Waals surface area (Å²) in [4.78, 5) is 4.16. The molecule has 4 aromatic rings. The molecule has 0 spiro atoms. The van der Waals surface area contributed by atoms with Gasteiger partial charge < -0.3 is 5.11 Å². The molecule has 6 heteroatoms. The van der Waals surface area contributed by atoms with Crippen molar-refractivity contribution in [2.45, 2.75) is 6.61 Å². The molecule has 0 atom stereocenters. The highest BCUT2D eigenvalue weighted by molar-refractivity contribution is 6.35. The third kappa shape index (κ3) is 3.47. The van der Waals surface area contributed by atoms with E-state index in [1.165, 1.54) is 0 Å². The minimum atomic E-state index is -0.120. The van der Waals surface area contributed by atoms with Crippen molar-refractivity contribution < 1.29 is 5.11 Å². The molecule has 0 aliphatic rings. The van der Waals surface area contributed by atoms with Crippen molar-refractivity contribution in [1.29, 1.82) is 0 Å². The second-order valence-corrected chi connectivity index (χ2v) is 6.85. The fourth-order valence-corrected chi connectivity index (χ4v) is 3.48. The summed E-state index contributed by atoms with van der Waals surface area (Å²) in [6.45, 7) is -0.120. The summed E-state index contributed by atoms with van der Waals surface area (Å²) in [6.07, 6.45) is 5.22. The number of benzene rings is 2. The maximum Gasteiger partial charge on any atom is 0.0840 e. The highest BCUT2D eigenvalue weighted by atomic mass is 35.5. The molecule has 2 heterocycles. The van der Waals surface area contributed by atoms with E-state index in [1.807, 2.05) is 48.7 Å². The Morgan fingerprint density at radius 3 is 2.33 bits per heavy atom. The van der Waals surface area contributed by atoms with Crippen LogP contribution < -0.4 is 0 Å². The van der Waals surface area contributed by atoms with Gasteiger partial charge in [-0.25, -0.2) is 4.68 Å². The minimum absolute atomic E-state index is 0.120. The van der Waals surface area contributed by atoms with Gasteiger partial charge in [-0.2, -0.15) is 5.10 Å². The van der Waals surface area contributed by atoms with Gasteiger partial charge in [-0.1, -0.05) is 53.5 Å². The Kier molecular flexibility index (Phi) is 4.94. The maximum absolute atomic E-state index is 9.77. The van der Waals surface area contributed by atoms with Crippen LogP contribution in [0.4, 0.5) is 0 Å². The molecule has 2 aromatic carbocycles. The molecule has 0 radical (unpaired) electrons. The molecule has 0 unspecified atom stereocenters. The van der Waals surface area contributed by atoms with Gasteiger partial charge in [0.1, 0.15) is 0 Å². The predicted molar refractivity (Wildman–Crippen MR) is 108 cm³/mol. The topological polar surface area (TPSA) is 50.9 Å². The molecule has 0 amide bonds. The molecule has 1 N–H and O–H groups in total. The largest absolute Gasteiger partial charge is 0.392 e. The maximum atomic E-state index is 9.77. The summed E-state index contributed by atoms with van der Waals surface area (Å²) in [5.41, 5.74) is 5.24. The number of hydrogen-bond donors (Lipinski definition) is 1. The zero-order chi connectivity index (χ0) is 18.8. The number of pyridine rings is 1. The van der Waals surface area contributed by atoms with Crippen molar-refractivity contribution in [1.82, 2.24) is 14.8 Å². The van der Waals surface area contributed by atoms with Crippen molar-refractivity contribution in [2.75, 3.05) is 0 Å². The Morgan fingerprint density at radius 2 is 1.67 bits per heavy atom. The molecule has 4 rings (SSSR count). The van der Waals surface area contributed by atoms with Crippen molar-refractivity contribution in [3.8, 4) is 28.1 Å². The second kappa shape index (κ2) is 7.53. The number of rotatable bonds is 4. The molecule has 0 bridgehead atoms. The lowest BCUT2D eigenvalue weighted by atomic mass is 10.0. The normalized spacial score (nSPS) is 10.9. The zero-order valence-electron chi connectivity index (χ0n) is 14.2. The van der Waals surface area contributed by atoms with Crippen molar-refractivity contribution in [2.24, 2.45) is 0 Å². The summed E-state index contributed by atoms with van der Waals surface area (Å²) in [6, 6.07) is 17.2. The third-order valence-corrected chi connectivity index (χ3v) is 4.84. The van der Waals surface area contributed by atoms with E-state index in [1.54, 1.807) is 29.2 Å². The Bertz CT molecular complexity index is 1080. The van der Waals surface area contributed by atoms with Gasteiger partial charge in [0.2, 0.25) is 0 Å². The molecular weight excluding hydrogens is 381 g/mol. The van der Waals surface area contributed by atoms with Gasteiger partial charge in [0.25, 0.3) is 0 Å². The Balaban J connectivity index is 1.81. The van der Waals surface area contributed by atoms with E-state index in [2.05, 4.69) is 10.1 Å². The lowest BCUT2D eigenvalue weighted by Gasteiger charge is -2.12. The highest BCUT2D eigenvalue weighted by Crippen LogP contribution is 2.32. The van der Waals surface area contributed by atoms with E-state index in [0.29, 0.717) is 15.7 Å². The van der Waals surface area contributed by atoms with Gasteiger partial charge in [0.15, 0.2) is 0 Å². The first kappa shape index (κ1) is 17.7. The molecule has 2 aromatic heterocycles. The molecule has 4 nitrogen and oxygen atoms in total. The lowest BCUT2D eigenvalue weighted by Crippen LogP contribution is -2.01. The van der Waals surface area contributed by atoms with Gasteiger partial charge in [-0.15, -0.1) is 0 Å². The quantitative estimate of drug-likeness (QED) is 0.503. The summed E-state index contributed by atoms with van der Waals surface area (Å²) in [7, 11) is 0. The van der Waals surface area contributed by atoms with Gasteiger partial charge in [0, 0.05) is 28.5 Å². The first-order valence-electron chi connectivity index (χ1n) is 8.31. The van der Waals surface area contributed by atoms with E-state index in [0.717, 1.165) is 27.9 Å². The smallest absolute Gasteiger partial charge is 0.0840 e. The van der Waals surface area contributed by atoms with Crippen molar-refractivity contribution in [3.63, 3.8) is 0 Å². The van der Waals surface area contributed by atoms with Crippen LogP contribution in [0.2, 0.25) is 10.0 Å². The third-order valence-electron chi connectivity index (χ3n) is 4.31. The SMILES string of the molecule is OCc1cnn(-c2ccc(Cl)cc2Cl)c1-c1ccc(-c2cccnc2)cc1. The summed E-state index contributed by atoms with van der Waals surface area (Å²) in [5, 5.41) is 15.2. The van der Waals surface area contributed by atoms with E-state index in [9.17, 15) is 5.11 Å². The molecule has 0 fully saturated rings. The number of hydrogen-bond acceptors (Lipinski definition) is 3. The Morgan fingerprint density at radius 1 is 0.889 bits per heavy atom. The van der Waals surface area contributed by atoms with E-state index >= 15 is 0 Å². The standard InChI is InChI=1S/C21H15Cl2N3O/c22-18-7-8-20(19(23)10-18)26-21(17(13-27)12-25-26)15-5-3-14(4-6-15)16-2-1-9-24-11-16/h1-12,27H,13H2. The highest BCUT2D eigenvalue weighted by Gasteiger charge is 2.16. The van der Waals surface area contributed by atoms with Crippen LogP contribution in [0.3, 0.4) is 0 Å². The van der Waals surface area contributed by atoms with Gasteiger partial charge in [-0.3, -0.25) is 4.98 Å². The second-order valence-electron chi connectivity index (χ2n) is 6.00. The number of nitrogens with zero attached hydrogens (tertiary/aromatic N) is 3. The molecule has 0 saturated carbocycles. The van der Waals surface area contributed by atoms with Crippen LogP contribution in [0.25, 0.3) is 28.1 Å². The lowest BCUT2D eigenvalue weighted by molar-refractivity contribution is 0.282. The van der Waals surface area contributed by atoms with Crippen molar-refractivity contribution in [3.05, 3.63) is 88.8 Å². The van der Waals surface area contributed by atoms with E-state index in [-0.39, 0.29) is 6.61 Å². The summed E-state index contributed by atoms with van der Waals surface area (Å²) in [5.74, 6) is 0. The van der Waals surface area contributed by atoms with Crippen molar-refractivity contribution >= 4 is 23.2 Å². The number of aliphatic hydroxyl groups excluding tert-OH is 1. The molecule has 134 valence electrons. The van der Waals surface area contributed by atoms with Crippen LogP contribution in [-0.4, -0.2) is 19.9 Å². The van der Waals surface area contributed by atoms with E-state index in [4.69, 9.17) is 23.2 Å². The Hall–Kier alpha value is -2.66. The van der Waals surface area contributed by atoms with Crippen LogP contribution in [-0.2, 0) is 6.61 Å². The van der Waals surface area contributed by atoms with Gasteiger partial charge in [0.05, 0.1) is 29.2 Å². The fraction of sp³-hybridized carbons (Fsp3) is 0.0476. The molecule has 0 aliphatic heterocycles. The average molecular weight is 396 g/mol. The van der Waals surface area contributed by atoms with Crippen LogP contribution in [0.1, 0.15) is 5.56 Å². The minimum Gasteiger partial charge on any atom is -0.392 e.